The van der Waals surface area contributed by atoms with E-state index in [-0.39, 0.29) is 5.75 Å². The predicted molar refractivity (Wildman–Crippen MR) is 55.4 cm³/mol. The lowest BCUT2D eigenvalue weighted by Crippen LogP contribution is -2.31. The Balaban J connectivity index is 2.51. The third-order valence-corrected chi connectivity index (χ3v) is 2.61. The van der Waals surface area contributed by atoms with Crippen LogP contribution in [0, 0.1) is 4.91 Å². The summed E-state index contributed by atoms with van der Waals surface area (Å²) >= 11 is 1.97. The number of carboxylic acid groups (broad SMARTS) is 1. The van der Waals surface area contributed by atoms with Gasteiger partial charge in [0.05, 0.1) is 0 Å². The summed E-state index contributed by atoms with van der Waals surface area (Å²) in [5, 5.41) is 13.7. The molecule has 0 aliphatic heterocycles. The van der Waals surface area contributed by atoms with Gasteiger partial charge in [0.25, 0.3) is 0 Å². The van der Waals surface area contributed by atoms with Crippen LogP contribution in [0.1, 0.15) is 0 Å². The van der Waals surface area contributed by atoms with E-state index in [1.54, 1.807) is 11.6 Å². The van der Waals surface area contributed by atoms with E-state index in [4.69, 9.17) is 5.11 Å². The molecule has 0 aromatic carbocycles. The van der Waals surface area contributed by atoms with Gasteiger partial charge in [0.1, 0.15) is 6.04 Å². The largest absolute Gasteiger partial charge is 0.480 e. The molecule has 1 atom stereocenters. The summed E-state index contributed by atoms with van der Waals surface area (Å²) in [5.41, 5.74) is 0. The Morgan fingerprint density at radius 3 is 3.14 bits per heavy atom. The van der Waals surface area contributed by atoms with Gasteiger partial charge in [0, 0.05) is 33.9 Å². The molecule has 1 rings (SSSR count). The second-order valence-corrected chi connectivity index (χ2v) is 3.88. The number of hydrogen-bond donors (Lipinski definition) is 2. The number of thiazole rings is 1. The van der Waals surface area contributed by atoms with Crippen LogP contribution in [0.5, 0.6) is 0 Å². The number of nitrogens with one attached hydrogen (secondary N) is 1. The molecular formula is C6H7N3O3S2. The van der Waals surface area contributed by atoms with Crippen LogP contribution in [0.4, 0.5) is 5.13 Å². The van der Waals surface area contributed by atoms with Gasteiger partial charge in [0.2, 0.25) is 0 Å². The minimum absolute atomic E-state index is 0.0818. The summed E-state index contributed by atoms with van der Waals surface area (Å²) < 4.78 is 2.53. The fraction of sp³-hybridized carbons (Fsp3) is 0.333. The van der Waals surface area contributed by atoms with E-state index in [0.29, 0.717) is 17.1 Å². The third kappa shape index (κ3) is 3.30. The number of anilines is 1. The van der Waals surface area contributed by atoms with Crippen LogP contribution in [-0.2, 0) is 4.79 Å². The van der Waals surface area contributed by atoms with E-state index in [0.717, 1.165) is 0 Å². The number of aliphatic carboxylic acids is 1. The maximum Gasteiger partial charge on any atom is 0.327 e. The summed E-state index contributed by atoms with van der Waals surface area (Å²) in [4.78, 5) is 24.4. The number of rotatable bonds is 6. The molecule has 0 radical (unpaired) electrons. The molecule has 8 heteroatoms. The highest BCUT2D eigenvalue weighted by molar-refractivity contribution is 7.97. The maximum absolute atomic E-state index is 10.7. The smallest absolute Gasteiger partial charge is 0.327 e. The summed E-state index contributed by atoms with van der Waals surface area (Å²) in [6.07, 6.45) is 1.57. The molecule has 0 bridgehead atoms. The second kappa shape index (κ2) is 5.55. The molecule has 6 nitrogen and oxygen atoms in total. The van der Waals surface area contributed by atoms with Crippen molar-refractivity contribution in [2.75, 3.05) is 11.1 Å². The zero-order chi connectivity index (χ0) is 10.4. The summed E-state index contributed by atoms with van der Waals surface area (Å²) in [6, 6.07) is -0.844. The molecule has 1 heterocycles. The summed E-state index contributed by atoms with van der Waals surface area (Å²) in [7, 11) is 0. The number of nitroso groups, excluding NO2 is 1. The van der Waals surface area contributed by atoms with Crippen molar-refractivity contribution in [3.8, 4) is 0 Å². The van der Waals surface area contributed by atoms with Crippen molar-refractivity contribution in [3.63, 3.8) is 0 Å². The number of carbonyl (C=O) groups is 1. The van der Waals surface area contributed by atoms with Crippen LogP contribution in [0.2, 0.25) is 0 Å². The third-order valence-electron chi connectivity index (χ3n) is 1.32. The van der Waals surface area contributed by atoms with E-state index < -0.39 is 12.0 Å². The van der Waals surface area contributed by atoms with Crippen molar-refractivity contribution < 1.29 is 9.90 Å². The van der Waals surface area contributed by atoms with Crippen molar-refractivity contribution in [2.24, 2.45) is 4.58 Å². The lowest BCUT2D eigenvalue weighted by molar-refractivity contribution is -0.137. The van der Waals surface area contributed by atoms with E-state index in [1.807, 2.05) is 0 Å². The highest BCUT2D eigenvalue weighted by atomic mass is 32.2. The van der Waals surface area contributed by atoms with E-state index >= 15 is 0 Å². The van der Waals surface area contributed by atoms with Gasteiger partial charge in [-0.05, 0) is 0 Å². The minimum atomic E-state index is -1.03. The fourth-order valence-electron chi connectivity index (χ4n) is 0.723. The second-order valence-electron chi connectivity index (χ2n) is 2.24. The Hall–Kier alpha value is -1.15. The lowest BCUT2D eigenvalue weighted by atomic mass is 10.3. The van der Waals surface area contributed by atoms with Crippen LogP contribution in [0.3, 0.4) is 0 Å². The Bertz CT molecular complexity index is 303. The van der Waals surface area contributed by atoms with Gasteiger partial charge in [-0.3, -0.25) is 0 Å². The molecule has 2 N–H and O–H groups in total. The standard InChI is InChI=1S/C6H7N3O3S2/c10-5(11)4(3-14-9-12)8-6-7-1-2-13-6/h1-2,4H,3H2,(H,7,8)(H,10,11)/t4-/m1/s1. The van der Waals surface area contributed by atoms with Crippen LogP contribution in [-0.4, -0.2) is 27.9 Å². The predicted octanol–water partition coefficient (Wildman–Crippen LogP) is 1.42. The average molecular weight is 233 g/mol. The molecule has 1 aromatic heterocycles. The Labute approximate surface area is 87.8 Å². The number of hydrogen-bond acceptors (Lipinski definition) is 7. The van der Waals surface area contributed by atoms with Crippen molar-refractivity contribution in [3.05, 3.63) is 16.5 Å². The molecule has 0 fully saturated rings. The van der Waals surface area contributed by atoms with Gasteiger partial charge >= 0.3 is 5.97 Å². The van der Waals surface area contributed by atoms with Crippen molar-refractivity contribution in [1.29, 1.82) is 0 Å². The van der Waals surface area contributed by atoms with Gasteiger partial charge in [0.15, 0.2) is 5.13 Å². The zero-order valence-corrected chi connectivity index (χ0v) is 8.55. The molecular weight excluding hydrogens is 226 g/mol. The first-order valence-corrected chi connectivity index (χ1v) is 5.39. The van der Waals surface area contributed by atoms with E-state index in [1.165, 1.54) is 11.3 Å². The van der Waals surface area contributed by atoms with Gasteiger partial charge < -0.3 is 10.4 Å². The molecule has 0 aliphatic rings. The highest BCUT2D eigenvalue weighted by Crippen LogP contribution is 2.14. The number of carboxylic acids is 1. The topological polar surface area (TPSA) is 91.7 Å². The van der Waals surface area contributed by atoms with Crippen LogP contribution < -0.4 is 5.32 Å². The van der Waals surface area contributed by atoms with E-state index in [9.17, 15) is 9.70 Å². The first-order valence-electron chi connectivity index (χ1n) is 3.57. The molecule has 0 saturated heterocycles. The Morgan fingerprint density at radius 2 is 2.64 bits per heavy atom. The first-order chi connectivity index (χ1) is 6.74. The lowest BCUT2D eigenvalue weighted by Gasteiger charge is -2.10. The highest BCUT2D eigenvalue weighted by Gasteiger charge is 2.18. The average Bonchev–Trinajstić information content (AvgIpc) is 2.64. The molecule has 0 amide bonds. The molecule has 0 spiro atoms. The van der Waals surface area contributed by atoms with Gasteiger partial charge in [-0.2, -0.15) is 0 Å². The first kappa shape index (κ1) is 10.9. The Kier molecular flexibility index (Phi) is 4.33. The zero-order valence-electron chi connectivity index (χ0n) is 6.91. The normalized spacial score (nSPS) is 12.0. The molecule has 14 heavy (non-hydrogen) atoms. The molecule has 0 unspecified atom stereocenters. The SMILES string of the molecule is O=NSC[C@@H](Nc1nccs1)C(=O)O. The number of aromatic nitrogens is 1. The fourth-order valence-corrected chi connectivity index (χ4v) is 1.74. The van der Waals surface area contributed by atoms with Crippen LogP contribution in [0.25, 0.3) is 0 Å². The minimum Gasteiger partial charge on any atom is -0.480 e. The molecule has 76 valence electrons. The van der Waals surface area contributed by atoms with E-state index in [2.05, 4.69) is 14.9 Å². The van der Waals surface area contributed by atoms with Crippen LogP contribution in [0.15, 0.2) is 16.2 Å². The van der Waals surface area contributed by atoms with Gasteiger partial charge in [-0.25, -0.2) is 9.78 Å². The quantitative estimate of drug-likeness (QED) is 0.570. The maximum atomic E-state index is 10.7. The molecule has 0 aliphatic carbocycles. The summed E-state index contributed by atoms with van der Waals surface area (Å²) in [5.74, 6) is -0.949. The Morgan fingerprint density at radius 1 is 1.86 bits per heavy atom. The molecule has 1 aromatic rings. The monoisotopic (exact) mass is 233 g/mol. The van der Waals surface area contributed by atoms with Gasteiger partial charge in [-0.15, -0.1) is 16.2 Å². The van der Waals surface area contributed by atoms with Crippen molar-refractivity contribution >= 4 is 34.4 Å². The van der Waals surface area contributed by atoms with Crippen LogP contribution >= 0.6 is 23.3 Å². The van der Waals surface area contributed by atoms with Crippen molar-refractivity contribution in [1.82, 2.24) is 4.98 Å². The molecule has 0 saturated carbocycles. The van der Waals surface area contributed by atoms with Gasteiger partial charge in [-0.1, -0.05) is 0 Å². The number of nitrogens with zero attached hydrogens (tertiary/aromatic N) is 2. The summed E-state index contributed by atoms with van der Waals surface area (Å²) in [6.45, 7) is 0. The van der Waals surface area contributed by atoms with Crippen molar-refractivity contribution in [2.45, 2.75) is 6.04 Å².